The molecule has 1 unspecified atom stereocenters. The standard InChI is InChI=1S/C10H20N2O2/c1-8(2)6-9(7-11)12-4-3-5-14-10(12)13/h8-9H,3-7,11H2,1-2H3. The Morgan fingerprint density at radius 2 is 2.29 bits per heavy atom. The van der Waals surface area contributed by atoms with E-state index in [1.165, 1.54) is 0 Å². The fourth-order valence-electron chi connectivity index (χ4n) is 1.80. The lowest BCUT2D eigenvalue weighted by Crippen LogP contribution is -2.48. The van der Waals surface area contributed by atoms with Gasteiger partial charge in [0.1, 0.15) is 0 Å². The third-order valence-electron chi connectivity index (χ3n) is 2.46. The number of amides is 1. The van der Waals surface area contributed by atoms with Gasteiger partial charge in [0, 0.05) is 19.1 Å². The third-order valence-corrected chi connectivity index (χ3v) is 2.46. The summed E-state index contributed by atoms with van der Waals surface area (Å²) in [5.41, 5.74) is 5.66. The Hall–Kier alpha value is -0.770. The quantitative estimate of drug-likeness (QED) is 0.742. The molecule has 82 valence electrons. The van der Waals surface area contributed by atoms with E-state index in [9.17, 15) is 4.79 Å². The van der Waals surface area contributed by atoms with Crippen molar-refractivity contribution in [3.05, 3.63) is 0 Å². The van der Waals surface area contributed by atoms with Crippen LogP contribution < -0.4 is 5.73 Å². The minimum atomic E-state index is -0.202. The molecule has 1 fully saturated rings. The largest absolute Gasteiger partial charge is 0.449 e. The highest BCUT2D eigenvalue weighted by atomic mass is 16.6. The van der Waals surface area contributed by atoms with Crippen molar-refractivity contribution in [3.8, 4) is 0 Å². The summed E-state index contributed by atoms with van der Waals surface area (Å²) in [5, 5.41) is 0. The first kappa shape index (κ1) is 11.3. The molecule has 14 heavy (non-hydrogen) atoms. The summed E-state index contributed by atoms with van der Waals surface area (Å²) in [6, 6.07) is 0.141. The van der Waals surface area contributed by atoms with Gasteiger partial charge in [-0.25, -0.2) is 4.79 Å². The summed E-state index contributed by atoms with van der Waals surface area (Å²) in [7, 11) is 0. The van der Waals surface area contributed by atoms with E-state index in [0.29, 0.717) is 19.1 Å². The van der Waals surface area contributed by atoms with Crippen LogP contribution in [0.5, 0.6) is 0 Å². The minimum Gasteiger partial charge on any atom is -0.449 e. The first-order valence-electron chi connectivity index (χ1n) is 5.28. The van der Waals surface area contributed by atoms with Crippen LogP contribution in [-0.4, -0.2) is 36.7 Å². The monoisotopic (exact) mass is 200 g/mol. The van der Waals surface area contributed by atoms with Gasteiger partial charge in [-0.15, -0.1) is 0 Å². The highest BCUT2D eigenvalue weighted by Gasteiger charge is 2.26. The number of carbonyl (C=O) groups excluding carboxylic acids is 1. The summed E-state index contributed by atoms with van der Waals surface area (Å²) in [5.74, 6) is 0.554. The van der Waals surface area contributed by atoms with Gasteiger partial charge in [-0.3, -0.25) is 0 Å². The van der Waals surface area contributed by atoms with E-state index in [1.54, 1.807) is 4.90 Å². The molecule has 0 bridgehead atoms. The number of cyclic esters (lactones) is 1. The van der Waals surface area contributed by atoms with Gasteiger partial charge in [-0.2, -0.15) is 0 Å². The second kappa shape index (κ2) is 5.20. The second-order valence-corrected chi connectivity index (χ2v) is 4.18. The van der Waals surface area contributed by atoms with Gasteiger partial charge in [-0.1, -0.05) is 13.8 Å². The number of ether oxygens (including phenoxy) is 1. The lowest BCUT2D eigenvalue weighted by Gasteiger charge is -2.34. The molecule has 1 rings (SSSR count). The molecule has 0 aromatic heterocycles. The zero-order valence-electron chi connectivity index (χ0n) is 9.03. The van der Waals surface area contributed by atoms with Crippen LogP contribution in [0.4, 0.5) is 4.79 Å². The van der Waals surface area contributed by atoms with E-state index >= 15 is 0 Å². The van der Waals surface area contributed by atoms with E-state index in [2.05, 4.69) is 13.8 Å². The summed E-state index contributed by atoms with van der Waals surface area (Å²) >= 11 is 0. The highest BCUT2D eigenvalue weighted by molar-refractivity contribution is 5.68. The van der Waals surface area contributed by atoms with E-state index in [-0.39, 0.29) is 12.1 Å². The average molecular weight is 200 g/mol. The molecule has 0 aliphatic carbocycles. The Morgan fingerprint density at radius 3 is 2.79 bits per heavy atom. The fraction of sp³-hybridized carbons (Fsp3) is 0.900. The maximum atomic E-state index is 11.4. The van der Waals surface area contributed by atoms with Crippen LogP contribution in [0.25, 0.3) is 0 Å². The summed E-state index contributed by atoms with van der Waals surface area (Å²) in [6.45, 7) is 6.13. The zero-order valence-corrected chi connectivity index (χ0v) is 9.03. The van der Waals surface area contributed by atoms with Crippen LogP contribution in [0.3, 0.4) is 0 Å². The fourth-order valence-corrected chi connectivity index (χ4v) is 1.80. The predicted octanol–water partition coefficient (Wildman–Crippen LogP) is 1.20. The van der Waals surface area contributed by atoms with Crippen LogP contribution in [-0.2, 0) is 4.74 Å². The predicted molar refractivity (Wildman–Crippen MR) is 55.0 cm³/mol. The molecule has 0 aromatic rings. The van der Waals surface area contributed by atoms with E-state index < -0.39 is 0 Å². The van der Waals surface area contributed by atoms with Crippen LogP contribution >= 0.6 is 0 Å². The summed E-state index contributed by atoms with van der Waals surface area (Å²) in [4.78, 5) is 13.2. The zero-order chi connectivity index (χ0) is 10.6. The van der Waals surface area contributed by atoms with Crippen molar-refractivity contribution in [2.75, 3.05) is 19.7 Å². The first-order chi connectivity index (χ1) is 6.65. The number of hydrogen-bond donors (Lipinski definition) is 1. The maximum Gasteiger partial charge on any atom is 0.410 e. The summed E-state index contributed by atoms with van der Waals surface area (Å²) < 4.78 is 4.99. The molecule has 1 saturated heterocycles. The molecule has 1 atom stereocenters. The highest BCUT2D eigenvalue weighted by Crippen LogP contribution is 2.15. The molecular weight excluding hydrogens is 180 g/mol. The van der Waals surface area contributed by atoms with Gasteiger partial charge in [0.05, 0.1) is 6.61 Å². The van der Waals surface area contributed by atoms with Crippen molar-refractivity contribution in [2.24, 2.45) is 11.7 Å². The molecule has 4 heteroatoms. The Morgan fingerprint density at radius 1 is 1.57 bits per heavy atom. The van der Waals surface area contributed by atoms with Crippen LogP contribution in [0, 0.1) is 5.92 Å². The molecule has 0 saturated carbocycles. The lowest BCUT2D eigenvalue weighted by molar-refractivity contribution is 0.0524. The Balaban J connectivity index is 2.53. The van der Waals surface area contributed by atoms with Crippen molar-refractivity contribution in [1.82, 2.24) is 4.90 Å². The number of nitrogens with two attached hydrogens (primary N) is 1. The normalized spacial score (nSPS) is 19.7. The molecule has 4 nitrogen and oxygen atoms in total. The van der Waals surface area contributed by atoms with Crippen LogP contribution in [0.15, 0.2) is 0 Å². The minimum absolute atomic E-state index is 0.141. The topological polar surface area (TPSA) is 55.6 Å². The van der Waals surface area contributed by atoms with Crippen LogP contribution in [0.1, 0.15) is 26.7 Å². The van der Waals surface area contributed by atoms with Crippen molar-refractivity contribution >= 4 is 6.09 Å². The molecule has 0 radical (unpaired) electrons. The van der Waals surface area contributed by atoms with Crippen molar-refractivity contribution in [1.29, 1.82) is 0 Å². The van der Waals surface area contributed by atoms with Gasteiger partial charge < -0.3 is 15.4 Å². The van der Waals surface area contributed by atoms with Gasteiger partial charge in [-0.05, 0) is 18.8 Å². The van der Waals surface area contributed by atoms with E-state index in [0.717, 1.165) is 19.4 Å². The molecule has 2 N–H and O–H groups in total. The molecule has 0 aromatic carbocycles. The van der Waals surface area contributed by atoms with E-state index in [4.69, 9.17) is 10.5 Å². The van der Waals surface area contributed by atoms with Gasteiger partial charge in [0.25, 0.3) is 0 Å². The molecule has 0 spiro atoms. The van der Waals surface area contributed by atoms with Gasteiger partial charge in [0.15, 0.2) is 0 Å². The number of rotatable bonds is 4. The van der Waals surface area contributed by atoms with E-state index in [1.807, 2.05) is 0 Å². The first-order valence-corrected chi connectivity index (χ1v) is 5.28. The Labute approximate surface area is 85.4 Å². The third kappa shape index (κ3) is 2.87. The molecule has 1 heterocycles. The smallest absolute Gasteiger partial charge is 0.410 e. The Bertz CT molecular complexity index is 195. The Kier molecular flexibility index (Phi) is 4.20. The molecular formula is C10H20N2O2. The molecule has 1 amide bonds. The van der Waals surface area contributed by atoms with Gasteiger partial charge in [0.2, 0.25) is 0 Å². The maximum absolute atomic E-state index is 11.4. The van der Waals surface area contributed by atoms with Crippen molar-refractivity contribution in [2.45, 2.75) is 32.7 Å². The van der Waals surface area contributed by atoms with Crippen LogP contribution in [0.2, 0.25) is 0 Å². The molecule has 1 aliphatic rings. The molecule has 1 aliphatic heterocycles. The average Bonchev–Trinajstić information content (AvgIpc) is 2.15. The van der Waals surface area contributed by atoms with Gasteiger partial charge >= 0.3 is 6.09 Å². The number of nitrogens with zero attached hydrogens (tertiary/aromatic N) is 1. The SMILES string of the molecule is CC(C)CC(CN)N1CCCOC1=O. The van der Waals surface area contributed by atoms with Crippen molar-refractivity contribution < 1.29 is 9.53 Å². The lowest BCUT2D eigenvalue weighted by atomic mass is 10.0. The van der Waals surface area contributed by atoms with Crippen molar-refractivity contribution in [3.63, 3.8) is 0 Å². The number of hydrogen-bond acceptors (Lipinski definition) is 3. The summed E-state index contributed by atoms with van der Waals surface area (Å²) in [6.07, 6.45) is 1.67. The number of carbonyl (C=O) groups is 1. The second-order valence-electron chi connectivity index (χ2n) is 4.18.